The van der Waals surface area contributed by atoms with E-state index in [-0.39, 0.29) is 12.4 Å². The Hall–Kier alpha value is 0.210. The molecule has 2 nitrogen and oxygen atoms in total. The molecule has 0 aromatic rings. The van der Waals surface area contributed by atoms with E-state index in [9.17, 15) is 0 Å². The molecule has 1 N–H and O–H groups in total. The second-order valence-corrected chi connectivity index (χ2v) is 8.83. The number of rotatable bonds is 18. The van der Waals surface area contributed by atoms with E-state index >= 15 is 0 Å². The summed E-state index contributed by atoms with van der Waals surface area (Å²) >= 11 is 0. The van der Waals surface area contributed by atoms with Gasteiger partial charge in [-0.3, -0.25) is 0 Å². The molecule has 0 radical (unpaired) electrons. The number of unbranched alkanes of at least 4 members (excludes halogenated alkanes) is 14. The summed E-state index contributed by atoms with van der Waals surface area (Å²) in [6.07, 6.45) is 23.0. The second kappa shape index (κ2) is 26.2. The Kier molecular flexibility index (Phi) is 31.0. The zero-order chi connectivity index (χ0) is 19.9. The highest BCUT2D eigenvalue weighted by Crippen LogP contribution is 2.13. The molecule has 27 heavy (non-hydrogen) atoms. The first-order valence-corrected chi connectivity index (χ1v) is 11.9. The summed E-state index contributed by atoms with van der Waals surface area (Å²) in [6, 6.07) is 0. The molecule has 0 bridgehead atoms. The lowest BCUT2D eigenvalue weighted by atomic mass is 10.1. The first-order valence-electron chi connectivity index (χ1n) is 11.9. The summed E-state index contributed by atoms with van der Waals surface area (Å²) in [6.45, 7) is 7.36. The van der Waals surface area contributed by atoms with Gasteiger partial charge in [-0.1, -0.05) is 90.9 Å². The van der Waals surface area contributed by atoms with Gasteiger partial charge in [0, 0.05) is 0 Å². The average Bonchev–Trinajstić information content (AvgIpc) is 2.60. The molecular formula is C24H56ClN2+. The molecule has 0 rings (SSSR count). The number of hydrogen-bond donors (Lipinski definition) is 1. The van der Waals surface area contributed by atoms with E-state index in [0.717, 1.165) is 0 Å². The first kappa shape index (κ1) is 31.9. The van der Waals surface area contributed by atoms with Gasteiger partial charge in [-0.2, -0.15) is 0 Å². The summed E-state index contributed by atoms with van der Waals surface area (Å²) in [7, 11) is 8.62. The largest absolute Gasteiger partial charge is 0.328 e. The third-order valence-corrected chi connectivity index (χ3v) is 5.23. The summed E-state index contributed by atoms with van der Waals surface area (Å²) in [5.74, 6) is 0. The third kappa shape index (κ3) is 31.1. The van der Waals surface area contributed by atoms with Crippen LogP contribution in [0.2, 0.25) is 0 Å². The average molecular weight is 408 g/mol. The van der Waals surface area contributed by atoms with Crippen LogP contribution in [0.4, 0.5) is 0 Å². The molecule has 3 heteroatoms. The van der Waals surface area contributed by atoms with E-state index in [1.165, 1.54) is 120 Å². The molecule has 0 amide bonds. The van der Waals surface area contributed by atoms with Crippen molar-refractivity contribution in [3.63, 3.8) is 0 Å². The minimum atomic E-state index is 0. The fourth-order valence-corrected chi connectivity index (χ4v) is 3.46. The van der Waals surface area contributed by atoms with Gasteiger partial charge in [-0.05, 0) is 39.8 Å². The molecule has 0 unspecified atom stereocenters. The fraction of sp³-hybridized carbons (Fsp3) is 1.00. The van der Waals surface area contributed by atoms with Crippen LogP contribution in [0.25, 0.3) is 0 Å². The number of quaternary nitrogens is 1. The zero-order valence-electron chi connectivity index (χ0n) is 20.1. The molecule has 0 saturated carbocycles. The Morgan fingerprint density at radius 2 is 0.704 bits per heavy atom. The smallest absolute Gasteiger partial charge is 0.0782 e. The highest BCUT2D eigenvalue weighted by molar-refractivity contribution is 5.85. The SMILES string of the molecule is CCCCCCCCCC[N+](C)(C)CCCCCCCCCC.CNC.Cl. The van der Waals surface area contributed by atoms with Crippen LogP contribution in [-0.2, 0) is 0 Å². The molecule has 0 aromatic heterocycles. The van der Waals surface area contributed by atoms with Crippen molar-refractivity contribution in [1.82, 2.24) is 5.32 Å². The molecule has 0 atom stereocenters. The van der Waals surface area contributed by atoms with E-state index in [0.29, 0.717) is 0 Å². The van der Waals surface area contributed by atoms with Crippen LogP contribution >= 0.6 is 12.4 Å². The van der Waals surface area contributed by atoms with Crippen molar-refractivity contribution >= 4 is 12.4 Å². The first-order chi connectivity index (χ1) is 12.5. The van der Waals surface area contributed by atoms with Crippen molar-refractivity contribution in [2.75, 3.05) is 41.3 Å². The molecule has 0 aliphatic rings. The van der Waals surface area contributed by atoms with E-state index in [2.05, 4.69) is 33.3 Å². The Morgan fingerprint density at radius 3 is 0.963 bits per heavy atom. The van der Waals surface area contributed by atoms with Gasteiger partial charge in [0.1, 0.15) is 0 Å². The number of nitrogens with one attached hydrogen (secondary N) is 1. The monoisotopic (exact) mass is 407 g/mol. The highest BCUT2D eigenvalue weighted by atomic mass is 35.5. The highest BCUT2D eigenvalue weighted by Gasteiger charge is 2.13. The fourth-order valence-electron chi connectivity index (χ4n) is 3.46. The molecule has 0 fully saturated rings. The molecule has 0 saturated heterocycles. The molecule has 0 aromatic carbocycles. The maximum absolute atomic E-state index is 2.75. The Morgan fingerprint density at radius 1 is 0.481 bits per heavy atom. The number of nitrogens with zero attached hydrogens (tertiary/aromatic N) is 1. The summed E-state index contributed by atoms with van der Waals surface area (Å²) in [5, 5.41) is 2.75. The lowest BCUT2D eigenvalue weighted by Gasteiger charge is -2.30. The minimum Gasteiger partial charge on any atom is -0.328 e. The van der Waals surface area contributed by atoms with E-state index < -0.39 is 0 Å². The molecular weight excluding hydrogens is 352 g/mol. The number of halogens is 1. The Bertz CT molecular complexity index is 223. The van der Waals surface area contributed by atoms with Gasteiger partial charge in [-0.25, -0.2) is 0 Å². The van der Waals surface area contributed by atoms with Crippen molar-refractivity contribution < 1.29 is 4.48 Å². The Balaban J connectivity index is -0.00000134. The Labute approximate surface area is 180 Å². The quantitative estimate of drug-likeness (QED) is 0.182. The summed E-state index contributed by atoms with van der Waals surface area (Å²) in [4.78, 5) is 0. The van der Waals surface area contributed by atoms with Gasteiger partial charge in [0.25, 0.3) is 0 Å². The van der Waals surface area contributed by atoms with Crippen molar-refractivity contribution in [2.45, 2.75) is 117 Å². The predicted molar refractivity (Wildman–Crippen MR) is 129 cm³/mol. The normalized spacial score (nSPS) is 10.9. The van der Waals surface area contributed by atoms with Gasteiger partial charge in [0.15, 0.2) is 0 Å². The summed E-state index contributed by atoms with van der Waals surface area (Å²) < 4.78 is 1.24. The molecule has 168 valence electrons. The standard InChI is InChI=1S/C22H48N.C2H7N.ClH/c1-5-7-9-11-13-15-17-19-21-23(3,4)22-20-18-16-14-12-10-8-6-2;1-3-2;/h5-22H2,1-4H3;3H,1-2H3;1H/q+1;;. The van der Waals surface area contributed by atoms with Crippen LogP contribution in [0.15, 0.2) is 0 Å². The summed E-state index contributed by atoms with van der Waals surface area (Å²) in [5.41, 5.74) is 0. The van der Waals surface area contributed by atoms with Gasteiger partial charge in [0.2, 0.25) is 0 Å². The maximum Gasteiger partial charge on any atom is 0.0782 e. The molecule has 0 heterocycles. The van der Waals surface area contributed by atoms with Crippen molar-refractivity contribution in [1.29, 1.82) is 0 Å². The van der Waals surface area contributed by atoms with E-state index in [1.807, 2.05) is 14.1 Å². The molecule has 0 spiro atoms. The predicted octanol–water partition coefficient (Wildman–Crippen LogP) is 7.60. The van der Waals surface area contributed by atoms with Crippen molar-refractivity contribution in [2.24, 2.45) is 0 Å². The van der Waals surface area contributed by atoms with E-state index in [4.69, 9.17) is 0 Å². The van der Waals surface area contributed by atoms with Gasteiger partial charge in [0.05, 0.1) is 27.2 Å². The minimum absolute atomic E-state index is 0. The van der Waals surface area contributed by atoms with Gasteiger partial charge in [-0.15, -0.1) is 12.4 Å². The lowest BCUT2D eigenvalue weighted by Crippen LogP contribution is -2.41. The topological polar surface area (TPSA) is 12.0 Å². The lowest BCUT2D eigenvalue weighted by molar-refractivity contribution is -0.890. The second-order valence-electron chi connectivity index (χ2n) is 8.83. The maximum atomic E-state index is 2.75. The molecule has 0 aliphatic heterocycles. The van der Waals surface area contributed by atoms with Crippen LogP contribution in [0.1, 0.15) is 117 Å². The van der Waals surface area contributed by atoms with E-state index in [1.54, 1.807) is 0 Å². The van der Waals surface area contributed by atoms with Crippen LogP contribution in [0.3, 0.4) is 0 Å². The van der Waals surface area contributed by atoms with Crippen LogP contribution in [-0.4, -0.2) is 45.8 Å². The van der Waals surface area contributed by atoms with Crippen molar-refractivity contribution in [3.8, 4) is 0 Å². The van der Waals surface area contributed by atoms with Crippen LogP contribution in [0.5, 0.6) is 0 Å². The zero-order valence-corrected chi connectivity index (χ0v) is 20.9. The third-order valence-electron chi connectivity index (χ3n) is 5.23. The molecule has 0 aliphatic carbocycles. The van der Waals surface area contributed by atoms with Crippen LogP contribution < -0.4 is 5.32 Å². The number of hydrogen-bond acceptors (Lipinski definition) is 1. The van der Waals surface area contributed by atoms with Gasteiger partial charge < -0.3 is 9.80 Å². The van der Waals surface area contributed by atoms with Crippen LogP contribution in [0, 0.1) is 0 Å². The van der Waals surface area contributed by atoms with Gasteiger partial charge >= 0.3 is 0 Å². The van der Waals surface area contributed by atoms with Crippen molar-refractivity contribution in [3.05, 3.63) is 0 Å².